The van der Waals surface area contributed by atoms with Crippen molar-refractivity contribution in [1.29, 1.82) is 0 Å². The molecule has 0 aromatic heterocycles. The average molecular weight is 404 g/mol. The molecular weight excluding hydrogens is 380 g/mol. The van der Waals surface area contributed by atoms with Crippen LogP contribution in [0.15, 0.2) is 53.4 Å². The van der Waals surface area contributed by atoms with E-state index in [-0.39, 0.29) is 16.6 Å². The number of methoxy groups -OCH3 is 1. The highest BCUT2D eigenvalue weighted by Crippen LogP contribution is 2.25. The zero-order valence-electron chi connectivity index (χ0n) is 16.1. The quantitative estimate of drug-likeness (QED) is 0.493. The second-order valence-electron chi connectivity index (χ2n) is 5.91. The fourth-order valence-corrected chi connectivity index (χ4v) is 3.32. The number of hydrogen-bond acceptors (Lipinski definition) is 5. The van der Waals surface area contributed by atoms with Gasteiger partial charge in [-0.3, -0.25) is 4.79 Å². The Morgan fingerprint density at radius 2 is 1.96 bits per heavy atom. The van der Waals surface area contributed by atoms with Crippen LogP contribution in [0.3, 0.4) is 0 Å². The van der Waals surface area contributed by atoms with E-state index in [0.717, 1.165) is 11.3 Å². The van der Waals surface area contributed by atoms with Gasteiger partial charge in [-0.1, -0.05) is 18.2 Å². The Labute approximate surface area is 165 Å². The van der Waals surface area contributed by atoms with Crippen LogP contribution in [0.2, 0.25) is 0 Å². The molecule has 0 bridgehead atoms. The molecule has 0 aliphatic carbocycles. The summed E-state index contributed by atoms with van der Waals surface area (Å²) < 4.78 is 37.1. The molecule has 2 aromatic rings. The summed E-state index contributed by atoms with van der Waals surface area (Å²) in [7, 11) is -0.957. The van der Waals surface area contributed by atoms with Crippen LogP contribution in [0.25, 0.3) is 6.08 Å². The number of benzene rings is 2. The molecule has 0 saturated carbocycles. The highest BCUT2D eigenvalue weighted by Gasteiger charge is 2.17. The van der Waals surface area contributed by atoms with E-state index in [9.17, 15) is 13.2 Å². The SMILES string of the molecule is CNS(=O)(=O)c1cc(/C=C/C(=O)NCCOc2cccc(C)c2)ccc1OC. The lowest BCUT2D eigenvalue weighted by atomic mass is 10.2. The topological polar surface area (TPSA) is 93.7 Å². The van der Waals surface area contributed by atoms with Crippen molar-refractivity contribution in [2.24, 2.45) is 0 Å². The minimum Gasteiger partial charge on any atom is -0.495 e. The minimum absolute atomic E-state index is 0.00612. The van der Waals surface area contributed by atoms with Gasteiger partial charge in [0.05, 0.1) is 13.7 Å². The standard InChI is InChI=1S/C20H24N2O5S/c1-15-5-4-6-17(13-15)27-12-11-22-20(23)10-8-16-7-9-18(26-3)19(14-16)28(24,25)21-2/h4-10,13-14,21H,11-12H2,1-3H3,(H,22,23)/b10-8+. The number of carbonyl (C=O) groups is 1. The van der Waals surface area contributed by atoms with Crippen LogP contribution in [-0.4, -0.2) is 41.6 Å². The van der Waals surface area contributed by atoms with E-state index in [0.29, 0.717) is 18.7 Å². The second-order valence-corrected chi connectivity index (χ2v) is 7.76. The first kappa shape index (κ1) is 21.5. The molecule has 0 fully saturated rings. The molecule has 2 N–H and O–H groups in total. The van der Waals surface area contributed by atoms with Crippen LogP contribution < -0.4 is 19.5 Å². The van der Waals surface area contributed by atoms with Gasteiger partial charge in [-0.15, -0.1) is 0 Å². The summed E-state index contributed by atoms with van der Waals surface area (Å²) in [5.74, 6) is 0.673. The van der Waals surface area contributed by atoms with E-state index in [4.69, 9.17) is 9.47 Å². The van der Waals surface area contributed by atoms with Crippen molar-refractivity contribution in [3.05, 3.63) is 59.7 Å². The number of nitrogens with one attached hydrogen (secondary N) is 2. The van der Waals surface area contributed by atoms with Crippen molar-refractivity contribution >= 4 is 22.0 Å². The largest absolute Gasteiger partial charge is 0.495 e. The Morgan fingerprint density at radius 1 is 1.18 bits per heavy atom. The fourth-order valence-electron chi connectivity index (χ4n) is 2.40. The van der Waals surface area contributed by atoms with Crippen molar-refractivity contribution in [3.63, 3.8) is 0 Å². The summed E-state index contributed by atoms with van der Waals surface area (Å²) in [6.45, 7) is 2.67. The van der Waals surface area contributed by atoms with Crippen molar-refractivity contribution < 1.29 is 22.7 Å². The van der Waals surface area contributed by atoms with Gasteiger partial charge in [0.25, 0.3) is 0 Å². The number of amides is 1. The van der Waals surface area contributed by atoms with Gasteiger partial charge in [0.2, 0.25) is 15.9 Å². The Bertz CT molecular complexity index is 955. The van der Waals surface area contributed by atoms with E-state index in [1.807, 2.05) is 31.2 Å². The molecule has 0 radical (unpaired) electrons. The van der Waals surface area contributed by atoms with Gasteiger partial charge in [0.1, 0.15) is 23.0 Å². The lowest BCUT2D eigenvalue weighted by Gasteiger charge is -2.09. The normalized spacial score (nSPS) is 11.4. The maximum Gasteiger partial charge on any atom is 0.244 e. The number of sulfonamides is 1. The summed E-state index contributed by atoms with van der Waals surface area (Å²) in [5, 5.41) is 2.71. The molecule has 2 rings (SSSR count). The van der Waals surface area contributed by atoms with E-state index < -0.39 is 10.0 Å². The zero-order chi connectivity index (χ0) is 20.6. The monoisotopic (exact) mass is 404 g/mol. The van der Waals surface area contributed by atoms with E-state index in [1.165, 1.54) is 38.4 Å². The van der Waals surface area contributed by atoms with Gasteiger partial charge < -0.3 is 14.8 Å². The molecule has 7 nitrogen and oxygen atoms in total. The van der Waals surface area contributed by atoms with Crippen molar-refractivity contribution in [2.45, 2.75) is 11.8 Å². The maximum atomic E-state index is 12.1. The van der Waals surface area contributed by atoms with Crippen LogP contribution in [0, 0.1) is 6.92 Å². The summed E-state index contributed by atoms with van der Waals surface area (Å²) in [6, 6.07) is 12.3. The van der Waals surface area contributed by atoms with Crippen molar-refractivity contribution in [3.8, 4) is 11.5 Å². The molecule has 150 valence electrons. The van der Waals surface area contributed by atoms with Crippen molar-refractivity contribution in [1.82, 2.24) is 10.0 Å². The first-order valence-corrected chi connectivity index (χ1v) is 10.1. The number of rotatable bonds is 9. The predicted octanol–water partition coefficient (Wildman–Crippen LogP) is 2.12. The van der Waals surface area contributed by atoms with E-state index >= 15 is 0 Å². The van der Waals surface area contributed by atoms with Crippen LogP contribution >= 0.6 is 0 Å². The first-order valence-electron chi connectivity index (χ1n) is 8.62. The third-order valence-electron chi connectivity index (χ3n) is 3.83. The van der Waals surface area contributed by atoms with E-state index in [2.05, 4.69) is 10.0 Å². The van der Waals surface area contributed by atoms with Gasteiger partial charge >= 0.3 is 0 Å². The zero-order valence-corrected chi connectivity index (χ0v) is 16.9. The van der Waals surface area contributed by atoms with E-state index in [1.54, 1.807) is 6.07 Å². The highest BCUT2D eigenvalue weighted by molar-refractivity contribution is 7.89. The molecule has 1 amide bonds. The fraction of sp³-hybridized carbons (Fsp3) is 0.250. The second kappa shape index (κ2) is 9.91. The maximum absolute atomic E-state index is 12.1. The van der Waals surface area contributed by atoms with Gasteiger partial charge in [-0.25, -0.2) is 13.1 Å². The number of hydrogen-bond donors (Lipinski definition) is 2. The van der Waals surface area contributed by atoms with Gasteiger partial charge in [-0.05, 0) is 55.4 Å². The molecule has 0 spiro atoms. The van der Waals surface area contributed by atoms with Crippen LogP contribution in [0.5, 0.6) is 11.5 Å². The molecule has 0 saturated heterocycles. The molecule has 2 aromatic carbocycles. The number of carbonyl (C=O) groups excluding carboxylic acids is 1. The lowest BCUT2D eigenvalue weighted by molar-refractivity contribution is -0.116. The smallest absolute Gasteiger partial charge is 0.244 e. The van der Waals surface area contributed by atoms with Crippen LogP contribution in [-0.2, 0) is 14.8 Å². The Kier molecular flexibility index (Phi) is 7.60. The molecule has 0 aliphatic heterocycles. The van der Waals surface area contributed by atoms with Crippen LogP contribution in [0.4, 0.5) is 0 Å². The third kappa shape index (κ3) is 6.11. The minimum atomic E-state index is -3.68. The Hall–Kier alpha value is -2.84. The summed E-state index contributed by atoms with van der Waals surface area (Å²) in [5.41, 5.74) is 1.66. The molecule has 8 heteroatoms. The predicted molar refractivity (Wildman–Crippen MR) is 108 cm³/mol. The van der Waals surface area contributed by atoms with Crippen LogP contribution in [0.1, 0.15) is 11.1 Å². The first-order chi connectivity index (χ1) is 13.4. The summed E-state index contributed by atoms with van der Waals surface area (Å²) in [6.07, 6.45) is 2.87. The number of aryl methyl sites for hydroxylation is 1. The Balaban J connectivity index is 1.92. The molecule has 0 atom stereocenters. The van der Waals surface area contributed by atoms with Gasteiger partial charge in [0, 0.05) is 6.08 Å². The highest BCUT2D eigenvalue weighted by atomic mass is 32.2. The molecule has 28 heavy (non-hydrogen) atoms. The molecule has 0 unspecified atom stereocenters. The number of ether oxygens (including phenoxy) is 2. The lowest BCUT2D eigenvalue weighted by Crippen LogP contribution is -2.26. The van der Waals surface area contributed by atoms with Gasteiger partial charge in [-0.2, -0.15) is 0 Å². The summed E-state index contributed by atoms with van der Waals surface area (Å²) in [4.78, 5) is 11.9. The molecule has 0 heterocycles. The summed E-state index contributed by atoms with van der Waals surface area (Å²) >= 11 is 0. The molecular formula is C20H24N2O5S. The third-order valence-corrected chi connectivity index (χ3v) is 5.27. The van der Waals surface area contributed by atoms with Crippen molar-refractivity contribution in [2.75, 3.05) is 27.3 Å². The average Bonchev–Trinajstić information content (AvgIpc) is 2.69. The van der Waals surface area contributed by atoms with Gasteiger partial charge in [0.15, 0.2) is 0 Å². The molecule has 0 aliphatic rings. The Morgan fingerprint density at radius 3 is 2.64 bits per heavy atom.